The summed E-state index contributed by atoms with van der Waals surface area (Å²) < 4.78 is 12.6. The van der Waals surface area contributed by atoms with Crippen LogP contribution in [0.5, 0.6) is 0 Å². The molecule has 0 spiro atoms. The summed E-state index contributed by atoms with van der Waals surface area (Å²) in [5.74, 6) is -2.87. The van der Waals surface area contributed by atoms with E-state index in [0.717, 1.165) is 19.3 Å². The van der Waals surface area contributed by atoms with Gasteiger partial charge < -0.3 is 41.2 Å². The van der Waals surface area contributed by atoms with E-state index in [1.165, 1.54) is 18.9 Å². The molecule has 0 saturated heterocycles. The predicted octanol–water partition coefficient (Wildman–Crippen LogP) is 1.08. The highest BCUT2D eigenvalue weighted by Crippen LogP contribution is 2.29. The lowest BCUT2D eigenvalue weighted by atomic mass is 9.87. The number of aliphatic hydroxyl groups is 2. The number of nitrogens with one attached hydrogen (secondary N) is 3. The van der Waals surface area contributed by atoms with E-state index < -0.39 is 60.7 Å². The molecular formula is C25H43N7O7. The Morgan fingerprint density at radius 3 is 2.59 bits per heavy atom. The Bertz CT molecular complexity index is 992. The third-order valence-electron chi connectivity index (χ3n) is 6.41. The fraction of sp³-hybridized carbons (Fsp3) is 0.720. The molecule has 1 aromatic heterocycles. The minimum Gasteiger partial charge on any atom is -0.479 e. The molecule has 1 amide bonds. The quantitative estimate of drug-likeness (QED) is 0.0981. The summed E-state index contributed by atoms with van der Waals surface area (Å²) in [7, 11) is 0. The van der Waals surface area contributed by atoms with Crippen molar-refractivity contribution in [1.29, 1.82) is 5.41 Å². The Morgan fingerprint density at radius 1 is 1.28 bits per heavy atom. The Kier molecular flexibility index (Phi) is 12.0. The molecule has 1 aromatic rings. The molecule has 5 atom stereocenters. The zero-order valence-electron chi connectivity index (χ0n) is 23.1. The number of hydrogen-bond acceptors (Lipinski definition) is 9. The first kappa shape index (κ1) is 31.8. The Morgan fingerprint density at radius 2 is 1.97 bits per heavy atom. The molecule has 0 radical (unpaired) electrons. The number of unbranched alkanes of at least 4 members (excludes halogenated alkanes) is 3. The second kappa shape index (κ2) is 14.7. The lowest BCUT2D eigenvalue weighted by molar-refractivity contribution is -0.147. The molecule has 0 aliphatic carbocycles. The number of amides is 1. The molecule has 0 aromatic carbocycles. The highest BCUT2D eigenvalue weighted by molar-refractivity contribution is 5.85. The van der Waals surface area contributed by atoms with E-state index in [9.17, 15) is 24.9 Å². The highest BCUT2D eigenvalue weighted by Gasteiger charge is 2.43. The van der Waals surface area contributed by atoms with Crippen LogP contribution in [0.1, 0.15) is 65.5 Å². The SMILES string of the molecule is C[C@H]1[C@H]([C@H](OC(=O)NCc2cn(CCCCCCC(C)(C)C)nn2)[C@H](O)CO)OC(C(=O)O)=C[C@@H]1NC(=N)N. The maximum atomic E-state index is 12.6. The Balaban J connectivity index is 1.92. The van der Waals surface area contributed by atoms with Gasteiger partial charge in [0, 0.05) is 12.5 Å². The third kappa shape index (κ3) is 10.7. The van der Waals surface area contributed by atoms with Crippen LogP contribution < -0.4 is 16.4 Å². The monoisotopic (exact) mass is 553 g/mol. The molecule has 14 heteroatoms. The molecule has 0 saturated carbocycles. The number of hydrogen-bond donors (Lipinski definition) is 7. The van der Waals surface area contributed by atoms with Crippen LogP contribution in [0.3, 0.4) is 0 Å². The van der Waals surface area contributed by atoms with E-state index in [4.69, 9.17) is 20.6 Å². The average Bonchev–Trinajstić information content (AvgIpc) is 3.31. The first-order valence-electron chi connectivity index (χ1n) is 13.2. The van der Waals surface area contributed by atoms with Crippen molar-refractivity contribution in [3.63, 3.8) is 0 Å². The smallest absolute Gasteiger partial charge is 0.407 e. The third-order valence-corrected chi connectivity index (χ3v) is 6.41. The number of aliphatic hydroxyl groups excluding tert-OH is 2. The van der Waals surface area contributed by atoms with E-state index in [1.807, 2.05) is 0 Å². The van der Waals surface area contributed by atoms with Crippen molar-refractivity contribution in [3.05, 3.63) is 23.7 Å². The lowest BCUT2D eigenvalue weighted by Gasteiger charge is -2.39. The van der Waals surface area contributed by atoms with Crippen LogP contribution in [-0.4, -0.2) is 79.3 Å². The maximum absolute atomic E-state index is 12.6. The van der Waals surface area contributed by atoms with Crippen molar-refractivity contribution in [1.82, 2.24) is 25.6 Å². The molecule has 2 heterocycles. The van der Waals surface area contributed by atoms with Crippen molar-refractivity contribution >= 4 is 18.0 Å². The molecule has 14 nitrogen and oxygen atoms in total. The van der Waals surface area contributed by atoms with Gasteiger partial charge in [-0.05, 0) is 24.3 Å². The number of nitrogens with zero attached hydrogens (tertiary/aromatic N) is 3. The molecule has 0 unspecified atom stereocenters. The number of aliphatic carboxylic acids is 1. The van der Waals surface area contributed by atoms with Crippen LogP contribution in [0, 0.1) is 16.7 Å². The highest BCUT2D eigenvalue weighted by atomic mass is 16.6. The lowest BCUT2D eigenvalue weighted by Crippen LogP contribution is -2.56. The van der Waals surface area contributed by atoms with Gasteiger partial charge in [-0.15, -0.1) is 5.10 Å². The zero-order chi connectivity index (χ0) is 29.2. The van der Waals surface area contributed by atoms with Crippen LogP contribution >= 0.6 is 0 Å². The van der Waals surface area contributed by atoms with Crippen molar-refractivity contribution in [3.8, 4) is 0 Å². The number of carboxylic acid groups (broad SMARTS) is 1. The second-order valence-corrected chi connectivity index (χ2v) is 11.0. The summed E-state index contributed by atoms with van der Waals surface area (Å²) in [6.45, 7) is 8.30. The number of guanidine groups is 1. The molecule has 220 valence electrons. The van der Waals surface area contributed by atoms with Crippen LogP contribution in [0.4, 0.5) is 4.79 Å². The molecule has 1 aliphatic heterocycles. The minimum atomic E-state index is -1.57. The van der Waals surface area contributed by atoms with Gasteiger partial charge in [-0.1, -0.05) is 52.2 Å². The summed E-state index contributed by atoms with van der Waals surface area (Å²) >= 11 is 0. The first-order valence-corrected chi connectivity index (χ1v) is 13.2. The maximum Gasteiger partial charge on any atom is 0.407 e. The number of aryl methyl sites for hydroxylation is 1. The van der Waals surface area contributed by atoms with Crippen LogP contribution in [0.2, 0.25) is 0 Å². The van der Waals surface area contributed by atoms with E-state index in [-0.39, 0.29) is 6.54 Å². The number of carboxylic acids is 1. The molecule has 0 bridgehead atoms. The molecule has 2 rings (SSSR count). The Hall–Kier alpha value is -3.39. The van der Waals surface area contributed by atoms with Crippen molar-refractivity contribution in [2.24, 2.45) is 17.1 Å². The van der Waals surface area contributed by atoms with Gasteiger partial charge in [0.1, 0.15) is 17.9 Å². The summed E-state index contributed by atoms with van der Waals surface area (Å²) in [5.41, 5.74) is 6.26. The number of nitrogens with two attached hydrogens (primary N) is 1. The number of alkyl carbamates (subject to hydrolysis) is 1. The normalized spacial score (nSPS) is 20.8. The average molecular weight is 554 g/mol. The van der Waals surface area contributed by atoms with Crippen molar-refractivity contribution < 1.29 is 34.4 Å². The fourth-order valence-corrected chi connectivity index (χ4v) is 4.26. The van der Waals surface area contributed by atoms with Gasteiger partial charge in [-0.25, -0.2) is 9.59 Å². The number of carbonyl (C=O) groups excluding carboxylic acids is 1. The number of rotatable bonds is 14. The zero-order valence-corrected chi connectivity index (χ0v) is 23.1. The summed E-state index contributed by atoms with van der Waals surface area (Å²) in [5, 5.41) is 50.1. The number of ether oxygens (including phenoxy) is 2. The number of carbonyl (C=O) groups is 2. The molecular weight excluding hydrogens is 510 g/mol. The fourth-order valence-electron chi connectivity index (χ4n) is 4.26. The topological polar surface area (TPSA) is 218 Å². The van der Waals surface area contributed by atoms with Gasteiger partial charge in [0.15, 0.2) is 12.1 Å². The second-order valence-electron chi connectivity index (χ2n) is 11.0. The van der Waals surface area contributed by atoms with Gasteiger partial charge in [-0.2, -0.15) is 0 Å². The van der Waals surface area contributed by atoms with Crippen molar-refractivity contribution in [2.45, 2.75) is 97.2 Å². The van der Waals surface area contributed by atoms with Crippen LogP contribution in [0.15, 0.2) is 18.0 Å². The van der Waals surface area contributed by atoms with E-state index in [2.05, 4.69) is 41.7 Å². The standard InChI is InChI=1S/C25H43N7O7/c1-15-17(29-23(26)27)11-19(22(35)36)38-20(15)21(18(34)14-33)39-24(37)28-12-16-13-32(31-30-16)10-8-6-5-7-9-25(2,3)4/h11,13,15,17-18,20-21,33-34H,5-10,12,14H2,1-4H3,(H,28,37)(H,35,36)(H4,26,27,29)/t15-,17+,18-,20-,21-/m1/s1. The van der Waals surface area contributed by atoms with Gasteiger partial charge in [0.05, 0.1) is 25.4 Å². The van der Waals surface area contributed by atoms with Gasteiger partial charge >= 0.3 is 12.1 Å². The van der Waals surface area contributed by atoms with Crippen molar-refractivity contribution in [2.75, 3.05) is 6.61 Å². The van der Waals surface area contributed by atoms with Gasteiger partial charge in [0.25, 0.3) is 0 Å². The number of aromatic nitrogens is 3. The van der Waals surface area contributed by atoms with Gasteiger partial charge in [0.2, 0.25) is 5.76 Å². The van der Waals surface area contributed by atoms with Gasteiger partial charge in [-0.3, -0.25) is 10.1 Å². The summed E-state index contributed by atoms with van der Waals surface area (Å²) in [6, 6.07) is -0.763. The Labute approximate surface area is 228 Å². The van der Waals surface area contributed by atoms with Crippen LogP contribution in [0.25, 0.3) is 0 Å². The molecule has 0 fully saturated rings. The van der Waals surface area contributed by atoms with Crippen LogP contribution in [-0.2, 0) is 27.4 Å². The summed E-state index contributed by atoms with van der Waals surface area (Å²) in [6.07, 6.45) is 3.46. The predicted molar refractivity (Wildman–Crippen MR) is 141 cm³/mol. The van der Waals surface area contributed by atoms with E-state index in [1.54, 1.807) is 17.8 Å². The summed E-state index contributed by atoms with van der Waals surface area (Å²) in [4.78, 5) is 24.2. The first-order chi connectivity index (χ1) is 18.3. The minimum absolute atomic E-state index is 0.00221. The molecule has 1 aliphatic rings. The largest absolute Gasteiger partial charge is 0.479 e. The molecule has 39 heavy (non-hydrogen) atoms. The molecule has 8 N–H and O–H groups in total. The van der Waals surface area contributed by atoms with E-state index in [0.29, 0.717) is 17.7 Å². The van der Waals surface area contributed by atoms with E-state index >= 15 is 0 Å².